The third kappa shape index (κ3) is 23.9. The van der Waals surface area contributed by atoms with E-state index in [1.165, 1.54) is 160 Å². The molecular weight excluding hydrogens is 521 g/mol. The summed E-state index contributed by atoms with van der Waals surface area (Å²) in [6, 6.07) is 2.56. The molecule has 0 bridgehead atoms. The highest BCUT2D eigenvalue weighted by molar-refractivity contribution is 6.75. The third-order valence-electron chi connectivity index (χ3n) is 9.13. The first-order valence-corrected chi connectivity index (χ1v) is 24.2. The molecule has 1 saturated heterocycles. The van der Waals surface area contributed by atoms with E-state index in [0.717, 1.165) is 12.8 Å². The molecule has 2 unspecified atom stereocenters. The molecule has 1 fully saturated rings. The van der Waals surface area contributed by atoms with Gasteiger partial charge in [-0.05, 0) is 55.9 Å². The van der Waals surface area contributed by atoms with E-state index in [9.17, 15) is 0 Å². The van der Waals surface area contributed by atoms with Crippen LogP contribution in [0.5, 0.6) is 0 Å². The summed E-state index contributed by atoms with van der Waals surface area (Å²) >= 11 is 0. The topological polar surface area (TPSA) is 18.5 Å². The molecule has 0 N–H and O–H groups in total. The lowest BCUT2D eigenvalue weighted by Gasteiger charge is -2.35. The zero-order valence-electron chi connectivity index (χ0n) is 29.0. The Morgan fingerprint density at radius 2 is 0.875 bits per heavy atom. The van der Waals surface area contributed by atoms with Gasteiger partial charge in [-0.25, -0.2) is 0 Å². The lowest BCUT2D eigenvalue weighted by atomic mass is 9.86. The molecule has 1 heterocycles. The second-order valence-electron chi connectivity index (χ2n) is 15.9. The van der Waals surface area contributed by atoms with Crippen molar-refractivity contribution in [2.24, 2.45) is 11.3 Å². The minimum Gasteiger partial charge on any atom is -0.418 e. The monoisotopic (exact) mass is 597 g/mol. The summed E-state index contributed by atoms with van der Waals surface area (Å²) in [4.78, 5) is 0. The minimum atomic E-state index is -1.88. The second kappa shape index (κ2) is 22.8. The molecule has 1 rings (SSSR count). The van der Waals surface area contributed by atoms with Crippen molar-refractivity contribution in [1.82, 2.24) is 0 Å². The van der Waals surface area contributed by atoms with Gasteiger partial charge in [0.1, 0.15) is 0 Å². The standard InChI is InChI=1S/C36H76O2Si2/c1-35(32-36(2,3)4)33-40(7)34-38-39(5,6)31-29-27-25-23-21-19-17-15-13-11-9-8-10-12-14-16-18-20-22-24-26-28-30-37-40/h35H,8-34H2,1-7H3. The fourth-order valence-corrected chi connectivity index (χ4v) is 13.5. The van der Waals surface area contributed by atoms with Crippen LogP contribution >= 0.6 is 0 Å². The van der Waals surface area contributed by atoms with Crippen molar-refractivity contribution in [3.63, 3.8) is 0 Å². The van der Waals surface area contributed by atoms with Crippen LogP contribution < -0.4 is 0 Å². The van der Waals surface area contributed by atoms with E-state index >= 15 is 0 Å². The van der Waals surface area contributed by atoms with Gasteiger partial charge in [-0.3, -0.25) is 0 Å². The summed E-state index contributed by atoms with van der Waals surface area (Å²) < 4.78 is 13.7. The number of rotatable bonds is 3. The highest BCUT2D eigenvalue weighted by Gasteiger charge is 2.35. The van der Waals surface area contributed by atoms with Gasteiger partial charge in [-0.1, -0.05) is 163 Å². The largest absolute Gasteiger partial charge is 0.418 e. The van der Waals surface area contributed by atoms with Crippen molar-refractivity contribution < 1.29 is 8.85 Å². The first-order chi connectivity index (χ1) is 19.0. The van der Waals surface area contributed by atoms with Crippen LogP contribution in [0.3, 0.4) is 0 Å². The molecular formula is C36H76O2Si2. The SMILES string of the molecule is CC(CC(C)(C)C)C[Si]1(C)CO[Si](C)(C)CCCCCCCCCCCCCCCCCCCCCCCCO1. The lowest BCUT2D eigenvalue weighted by molar-refractivity contribution is 0.243. The van der Waals surface area contributed by atoms with Crippen molar-refractivity contribution in [1.29, 1.82) is 0 Å². The van der Waals surface area contributed by atoms with Gasteiger partial charge in [0.2, 0.25) is 8.32 Å². The molecule has 1 aliphatic rings. The Hall–Kier alpha value is 0.354. The molecule has 2 nitrogen and oxygen atoms in total. The average Bonchev–Trinajstić information content (AvgIpc) is 2.86. The van der Waals surface area contributed by atoms with E-state index in [0.29, 0.717) is 11.3 Å². The molecule has 1 aliphatic heterocycles. The van der Waals surface area contributed by atoms with E-state index < -0.39 is 16.6 Å². The smallest absolute Gasteiger partial charge is 0.213 e. The first kappa shape index (κ1) is 38.4. The molecule has 0 radical (unpaired) electrons. The molecule has 0 aromatic heterocycles. The van der Waals surface area contributed by atoms with Gasteiger partial charge < -0.3 is 8.85 Å². The predicted molar refractivity (Wildman–Crippen MR) is 185 cm³/mol. The van der Waals surface area contributed by atoms with E-state index in [1.54, 1.807) is 0 Å². The van der Waals surface area contributed by atoms with Gasteiger partial charge in [-0.15, -0.1) is 0 Å². The molecule has 0 saturated carbocycles. The van der Waals surface area contributed by atoms with Crippen LogP contribution in [0.1, 0.15) is 175 Å². The van der Waals surface area contributed by atoms with Crippen LogP contribution in [-0.4, -0.2) is 29.5 Å². The van der Waals surface area contributed by atoms with Crippen LogP contribution in [0.2, 0.25) is 31.7 Å². The Bertz CT molecular complexity index is 574. The fraction of sp³-hybridized carbons (Fsp3) is 1.00. The van der Waals surface area contributed by atoms with Crippen LogP contribution in [0.15, 0.2) is 0 Å². The minimum absolute atomic E-state index is 0.387. The Morgan fingerprint density at radius 3 is 1.25 bits per heavy atom. The second-order valence-corrected chi connectivity index (χ2v) is 24.1. The predicted octanol–water partition coefficient (Wildman–Crippen LogP) is 13.0. The molecule has 0 aromatic rings. The Kier molecular flexibility index (Phi) is 21.9. The van der Waals surface area contributed by atoms with Crippen LogP contribution in [0, 0.1) is 11.3 Å². The highest BCUT2D eigenvalue weighted by Crippen LogP contribution is 2.31. The maximum Gasteiger partial charge on any atom is 0.213 e. The van der Waals surface area contributed by atoms with Crippen molar-refractivity contribution in [2.45, 2.75) is 207 Å². The average molecular weight is 597 g/mol. The molecule has 4 heteroatoms. The maximum atomic E-state index is 6.84. The fourth-order valence-electron chi connectivity index (χ4n) is 6.94. The quantitative estimate of drug-likeness (QED) is 0.302. The molecule has 240 valence electrons. The molecule has 0 aromatic carbocycles. The van der Waals surface area contributed by atoms with E-state index in [-0.39, 0.29) is 0 Å². The van der Waals surface area contributed by atoms with E-state index in [2.05, 4.69) is 47.3 Å². The van der Waals surface area contributed by atoms with Gasteiger partial charge in [-0.2, -0.15) is 0 Å². The van der Waals surface area contributed by atoms with Gasteiger partial charge in [0.25, 0.3) is 0 Å². The molecule has 2 atom stereocenters. The summed E-state index contributed by atoms with van der Waals surface area (Å²) in [6.45, 7) is 18.0. The summed E-state index contributed by atoms with van der Waals surface area (Å²) in [7, 11) is -3.50. The van der Waals surface area contributed by atoms with E-state index in [4.69, 9.17) is 8.85 Å². The van der Waals surface area contributed by atoms with Crippen LogP contribution in [0.25, 0.3) is 0 Å². The summed E-state index contributed by atoms with van der Waals surface area (Å²) in [5.41, 5.74) is 0.387. The Balaban J connectivity index is 2.55. The summed E-state index contributed by atoms with van der Waals surface area (Å²) in [5.74, 6) is 0.712. The zero-order chi connectivity index (χ0) is 29.6. The van der Waals surface area contributed by atoms with Gasteiger partial charge in [0.05, 0.1) is 6.23 Å². The normalized spacial score (nSPS) is 27.1. The third-order valence-corrected chi connectivity index (χ3v) is 15.1. The molecule has 0 aliphatic carbocycles. The number of hydrogen-bond acceptors (Lipinski definition) is 2. The van der Waals surface area contributed by atoms with Crippen molar-refractivity contribution in [3.8, 4) is 0 Å². The van der Waals surface area contributed by atoms with Crippen molar-refractivity contribution in [2.75, 3.05) is 12.8 Å². The highest BCUT2D eigenvalue weighted by atomic mass is 28.4. The lowest BCUT2D eigenvalue weighted by Crippen LogP contribution is -2.46. The molecule has 0 spiro atoms. The summed E-state index contributed by atoms with van der Waals surface area (Å²) in [5, 5.41) is 0. The van der Waals surface area contributed by atoms with Crippen molar-refractivity contribution >= 4 is 16.6 Å². The Labute approximate surface area is 256 Å². The Morgan fingerprint density at radius 1 is 0.525 bits per heavy atom. The maximum absolute atomic E-state index is 6.84. The zero-order valence-corrected chi connectivity index (χ0v) is 31.0. The van der Waals surface area contributed by atoms with E-state index in [1.807, 2.05) is 0 Å². The summed E-state index contributed by atoms with van der Waals surface area (Å²) in [6.07, 6.45) is 33.7. The van der Waals surface area contributed by atoms with Crippen LogP contribution in [-0.2, 0) is 8.85 Å². The number of hydrogen-bond donors (Lipinski definition) is 0. The first-order valence-electron chi connectivity index (χ1n) is 18.3. The van der Waals surface area contributed by atoms with Gasteiger partial charge in [0, 0.05) is 6.61 Å². The van der Waals surface area contributed by atoms with Gasteiger partial charge >= 0.3 is 0 Å². The van der Waals surface area contributed by atoms with Crippen LogP contribution in [0.4, 0.5) is 0 Å². The van der Waals surface area contributed by atoms with Crippen molar-refractivity contribution in [3.05, 3.63) is 0 Å². The molecule has 0 amide bonds. The van der Waals surface area contributed by atoms with Gasteiger partial charge in [0.15, 0.2) is 8.32 Å². The molecule has 40 heavy (non-hydrogen) atoms.